The molecule has 5 nitrogen and oxygen atoms in total. The van der Waals surface area contributed by atoms with Crippen molar-refractivity contribution in [3.63, 3.8) is 0 Å². The van der Waals surface area contributed by atoms with Gasteiger partial charge in [0.2, 0.25) is 5.88 Å². The summed E-state index contributed by atoms with van der Waals surface area (Å²) in [4.78, 5) is 0. The van der Waals surface area contributed by atoms with E-state index in [2.05, 4.69) is 34.6 Å². The van der Waals surface area contributed by atoms with Gasteiger partial charge in [-0.2, -0.15) is 5.10 Å². The molecule has 0 spiro atoms. The minimum absolute atomic E-state index is 0.330. The van der Waals surface area contributed by atoms with Crippen LogP contribution in [0.15, 0.2) is 30.3 Å². The van der Waals surface area contributed by atoms with Gasteiger partial charge in [0.15, 0.2) is 0 Å². The maximum Gasteiger partial charge on any atom is 0.234 e. The number of nitrogens with one attached hydrogen (secondary N) is 1. The monoisotopic (exact) mass is 455 g/mol. The van der Waals surface area contributed by atoms with E-state index in [4.69, 9.17) is 9.47 Å². The van der Waals surface area contributed by atoms with Crippen LogP contribution in [0.2, 0.25) is 0 Å². The van der Waals surface area contributed by atoms with Gasteiger partial charge >= 0.3 is 0 Å². The van der Waals surface area contributed by atoms with Crippen molar-refractivity contribution in [2.75, 3.05) is 13.1 Å². The second kappa shape index (κ2) is 11.3. The maximum absolute atomic E-state index is 15.3. The third kappa shape index (κ3) is 6.23. The van der Waals surface area contributed by atoms with Gasteiger partial charge in [0.05, 0.1) is 11.8 Å². The summed E-state index contributed by atoms with van der Waals surface area (Å²) >= 11 is 0. The number of hydrogen-bond donors (Lipinski definition) is 1. The molecule has 1 atom stereocenters. The molecule has 1 aromatic heterocycles. The first kappa shape index (κ1) is 23.9. The van der Waals surface area contributed by atoms with Crippen LogP contribution in [-0.2, 0) is 6.42 Å². The Kier molecular flexibility index (Phi) is 8.18. The number of rotatable bonds is 9. The summed E-state index contributed by atoms with van der Waals surface area (Å²) in [5.41, 5.74) is 1.67. The van der Waals surface area contributed by atoms with Crippen LogP contribution in [0.5, 0.6) is 11.6 Å². The molecule has 2 aromatic rings. The highest BCUT2D eigenvalue weighted by molar-refractivity contribution is 5.67. The van der Waals surface area contributed by atoms with Gasteiger partial charge in [-0.05, 0) is 89.1 Å². The molecule has 0 bridgehead atoms. The summed E-state index contributed by atoms with van der Waals surface area (Å²) in [7, 11) is 0. The predicted octanol–water partition coefficient (Wildman–Crippen LogP) is 6.06. The van der Waals surface area contributed by atoms with E-state index in [-0.39, 0.29) is 0 Å². The molecule has 6 heteroatoms. The lowest BCUT2D eigenvalue weighted by molar-refractivity contribution is -0.00641. The average Bonchev–Trinajstić information content (AvgIpc) is 2.85. The van der Waals surface area contributed by atoms with Crippen LogP contribution in [-0.4, -0.2) is 41.2 Å². The van der Waals surface area contributed by atoms with Crippen LogP contribution in [0.4, 0.5) is 4.39 Å². The normalized spacial score (nSPS) is 19.7. The first-order chi connectivity index (χ1) is 16.1. The van der Waals surface area contributed by atoms with Crippen molar-refractivity contribution in [3.8, 4) is 22.8 Å². The van der Waals surface area contributed by atoms with Crippen molar-refractivity contribution in [1.82, 2.24) is 15.5 Å². The molecule has 1 saturated heterocycles. The zero-order valence-corrected chi connectivity index (χ0v) is 20.1. The Labute approximate surface area is 197 Å². The zero-order valence-electron chi connectivity index (χ0n) is 20.1. The summed E-state index contributed by atoms with van der Waals surface area (Å²) < 4.78 is 27.5. The van der Waals surface area contributed by atoms with Gasteiger partial charge in [0, 0.05) is 11.6 Å². The van der Waals surface area contributed by atoms with E-state index in [0.29, 0.717) is 37.9 Å². The largest absolute Gasteiger partial charge is 0.490 e. The minimum Gasteiger partial charge on any atom is -0.490 e. The number of aromatic nitrogens is 2. The molecule has 0 amide bonds. The van der Waals surface area contributed by atoms with E-state index in [1.165, 1.54) is 19.3 Å². The smallest absolute Gasteiger partial charge is 0.234 e. The number of unbranched alkanes of at least 4 members (excludes halogenated alkanes) is 1. The fourth-order valence-electron chi connectivity index (χ4n) is 4.86. The molecule has 1 unspecified atom stereocenters. The number of halogens is 1. The third-order valence-corrected chi connectivity index (χ3v) is 7.10. The molecule has 2 heterocycles. The Bertz CT molecular complexity index is 877. The summed E-state index contributed by atoms with van der Waals surface area (Å²) in [5, 5.41) is 12.0. The summed E-state index contributed by atoms with van der Waals surface area (Å²) in [6.45, 7) is 5.32. The topological polar surface area (TPSA) is 56.3 Å². The maximum atomic E-state index is 15.3. The molecule has 2 aliphatic rings. The Morgan fingerprint density at radius 1 is 1.09 bits per heavy atom. The molecule has 0 radical (unpaired) electrons. The highest BCUT2D eigenvalue weighted by atomic mass is 19.1. The number of aryl methyl sites for hydroxylation is 1. The van der Waals surface area contributed by atoms with E-state index in [1.807, 2.05) is 18.2 Å². The van der Waals surface area contributed by atoms with Gasteiger partial charge in [-0.25, -0.2) is 4.39 Å². The van der Waals surface area contributed by atoms with Gasteiger partial charge in [-0.1, -0.05) is 31.9 Å². The number of nitrogens with zero attached hydrogens (tertiary/aromatic N) is 2. The van der Waals surface area contributed by atoms with E-state index in [9.17, 15) is 0 Å². The van der Waals surface area contributed by atoms with Crippen molar-refractivity contribution in [2.45, 2.75) is 95.9 Å². The van der Waals surface area contributed by atoms with Crippen LogP contribution in [0, 0.1) is 0 Å². The van der Waals surface area contributed by atoms with Crippen LogP contribution in [0.1, 0.15) is 77.3 Å². The molecule has 2 fully saturated rings. The average molecular weight is 456 g/mol. The molecular weight excluding hydrogens is 417 g/mol. The lowest BCUT2D eigenvalue weighted by atomic mass is 9.89. The highest BCUT2D eigenvalue weighted by Gasteiger charge is 2.39. The number of benzene rings is 1. The number of alkyl halides is 1. The van der Waals surface area contributed by atoms with Gasteiger partial charge in [-0.15, -0.1) is 5.10 Å². The second-order valence-electron chi connectivity index (χ2n) is 9.59. The number of ether oxygens (including phenoxy) is 2. The molecule has 4 rings (SSSR count). The first-order valence-corrected chi connectivity index (χ1v) is 12.8. The summed E-state index contributed by atoms with van der Waals surface area (Å²) in [6.07, 6.45) is 9.75. The molecule has 1 aromatic carbocycles. The minimum atomic E-state index is -1.34. The Morgan fingerprint density at radius 3 is 2.52 bits per heavy atom. The molecular formula is C27H38FN3O2. The first-order valence-electron chi connectivity index (χ1n) is 12.8. The van der Waals surface area contributed by atoms with Crippen LogP contribution >= 0.6 is 0 Å². The Balaban J connectivity index is 1.52. The van der Waals surface area contributed by atoms with Gasteiger partial charge < -0.3 is 14.8 Å². The standard InChI is InChI=1S/C27H38FN3O2/c1-3-4-10-25-24(21-11-13-23(14-12-21)33-22-8-6-5-7-9-22)19-26(31-30-25)32-20(2)27(28)15-17-29-18-16-27/h11-14,19-20,22,29H,3-10,15-18H2,1-2H3. The van der Waals surface area contributed by atoms with Crippen molar-refractivity contribution in [1.29, 1.82) is 0 Å². The lowest BCUT2D eigenvalue weighted by Crippen LogP contribution is -2.48. The number of piperidine rings is 1. The molecule has 1 saturated carbocycles. The van der Waals surface area contributed by atoms with Crippen LogP contribution < -0.4 is 14.8 Å². The van der Waals surface area contributed by atoms with Crippen LogP contribution in [0.3, 0.4) is 0 Å². The SMILES string of the molecule is CCCCc1nnc(OC(C)C2(F)CCNCC2)cc1-c1ccc(OC2CCCCC2)cc1. The highest BCUT2D eigenvalue weighted by Crippen LogP contribution is 2.33. The van der Waals surface area contributed by atoms with Crippen molar-refractivity contribution >= 4 is 0 Å². The summed E-state index contributed by atoms with van der Waals surface area (Å²) in [5.74, 6) is 1.30. The quantitative estimate of drug-likeness (QED) is 0.498. The molecule has 180 valence electrons. The van der Waals surface area contributed by atoms with Gasteiger partial charge in [0.1, 0.15) is 17.5 Å². The molecule has 1 aliphatic carbocycles. The van der Waals surface area contributed by atoms with Gasteiger partial charge in [0.25, 0.3) is 0 Å². The van der Waals surface area contributed by atoms with E-state index in [0.717, 1.165) is 54.7 Å². The fraction of sp³-hybridized carbons (Fsp3) is 0.630. The zero-order chi connectivity index (χ0) is 23.1. The van der Waals surface area contributed by atoms with Crippen molar-refractivity contribution in [3.05, 3.63) is 36.0 Å². The molecule has 33 heavy (non-hydrogen) atoms. The molecule has 1 aliphatic heterocycles. The van der Waals surface area contributed by atoms with Crippen molar-refractivity contribution < 1.29 is 13.9 Å². The van der Waals surface area contributed by atoms with Gasteiger partial charge in [-0.3, -0.25) is 0 Å². The third-order valence-electron chi connectivity index (χ3n) is 7.10. The van der Waals surface area contributed by atoms with Crippen LogP contribution in [0.25, 0.3) is 11.1 Å². The second-order valence-corrected chi connectivity index (χ2v) is 9.59. The van der Waals surface area contributed by atoms with E-state index < -0.39 is 11.8 Å². The Morgan fingerprint density at radius 2 is 1.82 bits per heavy atom. The van der Waals surface area contributed by atoms with E-state index in [1.54, 1.807) is 6.92 Å². The fourth-order valence-corrected chi connectivity index (χ4v) is 4.86. The Hall–Kier alpha value is -2.21. The summed E-state index contributed by atoms with van der Waals surface area (Å²) in [6, 6.07) is 10.2. The van der Waals surface area contributed by atoms with E-state index >= 15 is 4.39 Å². The lowest BCUT2D eigenvalue weighted by Gasteiger charge is -2.34. The van der Waals surface area contributed by atoms with Crippen molar-refractivity contribution in [2.24, 2.45) is 0 Å². The number of hydrogen-bond acceptors (Lipinski definition) is 5. The molecule has 1 N–H and O–H groups in total. The predicted molar refractivity (Wildman–Crippen MR) is 130 cm³/mol.